The number of halogens is 2. The van der Waals surface area contributed by atoms with E-state index in [9.17, 15) is 0 Å². The molecule has 1 nitrogen and oxygen atoms in total. The zero-order chi connectivity index (χ0) is 30.6. The molecule has 3 heterocycles. The minimum atomic E-state index is 1.08. The summed E-state index contributed by atoms with van der Waals surface area (Å²) in [5, 5.41) is 0. The highest BCUT2D eigenvalue weighted by molar-refractivity contribution is 9.11. The Labute approximate surface area is 295 Å². The van der Waals surface area contributed by atoms with Gasteiger partial charge >= 0.3 is 0 Å². The van der Waals surface area contributed by atoms with Crippen molar-refractivity contribution >= 4 is 77.7 Å². The van der Waals surface area contributed by atoms with Crippen LogP contribution in [0.15, 0.2) is 78.0 Å². The molecule has 4 aromatic rings. The van der Waals surface area contributed by atoms with Crippen molar-refractivity contribution in [2.24, 2.45) is 0 Å². The largest absolute Gasteiger partial charge is 0.340 e. The first-order chi connectivity index (χ1) is 21.6. The molecule has 1 aliphatic rings. The molecular weight excluding hydrogens is 726 g/mol. The predicted octanol–water partition coefficient (Wildman–Crippen LogP) is 15.5. The Morgan fingerprint density at radius 3 is 1.30 bits per heavy atom. The van der Waals surface area contributed by atoms with Crippen LogP contribution in [0, 0.1) is 0 Å². The zero-order valence-electron chi connectivity index (χ0n) is 26.2. The molecule has 0 fully saturated rings. The summed E-state index contributed by atoms with van der Waals surface area (Å²) in [5.74, 6) is 0. The normalized spacial score (nSPS) is 12.5. The van der Waals surface area contributed by atoms with Gasteiger partial charge in [-0.25, -0.2) is 0 Å². The van der Waals surface area contributed by atoms with Crippen LogP contribution >= 0.6 is 66.3 Å². The van der Waals surface area contributed by atoms with E-state index in [4.69, 9.17) is 0 Å². The van der Waals surface area contributed by atoms with Crippen molar-refractivity contribution in [2.75, 3.05) is 11.4 Å². The molecule has 2 aromatic carbocycles. The number of unbranched alkanes of at least 4 members (excludes halogenated alkanes) is 15. The fraction of sp³-hybridized carbons (Fsp3) is 0.474. The molecule has 2 aromatic heterocycles. The minimum Gasteiger partial charge on any atom is -0.340 e. The van der Waals surface area contributed by atoms with Crippen LogP contribution in [-0.2, 0) is 0 Å². The maximum Gasteiger partial charge on any atom is 0.0705 e. The first-order valence-corrected chi connectivity index (χ1v) is 20.9. The molecule has 0 saturated heterocycles. The maximum atomic E-state index is 3.65. The highest BCUT2D eigenvalue weighted by Crippen LogP contribution is 2.51. The Bertz CT molecular complexity index is 1350. The lowest BCUT2D eigenvalue weighted by Gasteiger charge is -2.33. The molecule has 44 heavy (non-hydrogen) atoms. The Balaban J connectivity index is 1.11. The van der Waals surface area contributed by atoms with Crippen molar-refractivity contribution in [1.82, 2.24) is 0 Å². The molecule has 0 aliphatic carbocycles. The lowest BCUT2D eigenvalue weighted by atomic mass is 10.0. The van der Waals surface area contributed by atoms with Crippen molar-refractivity contribution in [3.63, 3.8) is 0 Å². The topological polar surface area (TPSA) is 3.24 Å². The number of rotatable bonds is 19. The molecule has 0 spiro atoms. The zero-order valence-corrected chi connectivity index (χ0v) is 31.8. The average molecular weight is 774 g/mol. The second-order valence-corrected chi connectivity index (χ2v) is 18.1. The van der Waals surface area contributed by atoms with Gasteiger partial charge in [-0.3, -0.25) is 0 Å². The summed E-state index contributed by atoms with van der Waals surface area (Å²) in [6.07, 6.45) is 22.5. The van der Waals surface area contributed by atoms with Gasteiger partial charge in [-0.15, -0.1) is 22.7 Å². The molecule has 236 valence electrons. The summed E-state index contributed by atoms with van der Waals surface area (Å²) in [7, 11) is 0. The monoisotopic (exact) mass is 771 g/mol. The fourth-order valence-electron chi connectivity index (χ4n) is 6.19. The van der Waals surface area contributed by atoms with Crippen LogP contribution in [0.5, 0.6) is 0 Å². The van der Waals surface area contributed by atoms with Crippen LogP contribution in [0.2, 0.25) is 0 Å². The third kappa shape index (κ3) is 9.97. The SMILES string of the molecule is CCCCCCCCCCCCCCCCCCN1c2ccc(-c3ccc(Br)s3)cc2Sc2cc(-c3ccc(Br)s3)ccc21. The number of thiophene rings is 2. The van der Waals surface area contributed by atoms with E-state index in [1.807, 2.05) is 11.8 Å². The summed E-state index contributed by atoms with van der Waals surface area (Å²) in [4.78, 5) is 7.94. The maximum absolute atomic E-state index is 3.65. The number of benzene rings is 2. The van der Waals surface area contributed by atoms with E-state index < -0.39 is 0 Å². The molecule has 1 aliphatic heterocycles. The highest BCUT2D eigenvalue weighted by atomic mass is 79.9. The van der Waals surface area contributed by atoms with E-state index in [2.05, 4.69) is 104 Å². The summed E-state index contributed by atoms with van der Waals surface area (Å²) in [6.45, 7) is 3.38. The smallest absolute Gasteiger partial charge is 0.0705 e. The van der Waals surface area contributed by atoms with Crippen LogP contribution < -0.4 is 4.90 Å². The van der Waals surface area contributed by atoms with Gasteiger partial charge in [0.05, 0.1) is 18.9 Å². The summed E-state index contributed by atoms with van der Waals surface area (Å²) >= 11 is 12.8. The quantitative estimate of drug-likeness (QED) is 0.0873. The highest BCUT2D eigenvalue weighted by Gasteiger charge is 2.24. The van der Waals surface area contributed by atoms with Crippen LogP contribution in [0.4, 0.5) is 11.4 Å². The minimum absolute atomic E-state index is 1.08. The number of hydrogen-bond acceptors (Lipinski definition) is 4. The third-order valence-corrected chi connectivity index (χ3v) is 13.1. The molecule has 0 atom stereocenters. The third-order valence-electron chi connectivity index (χ3n) is 8.67. The number of hydrogen-bond donors (Lipinski definition) is 0. The van der Waals surface area contributed by atoms with E-state index in [0.29, 0.717) is 0 Å². The van der Waals surface area contributed by atoms with Gasteiger partial charge in [-0.05, 0) is 97.9 Å². The Hall–Kier alpha value is -1.05. The number of fused-ring (bicyclic) bond motifs is 2. The van der Waals surface area contributed by atoms with E-state index in [-0.39, 0.29) is 0 Å². The summed E-state index contributed by atoms with van der Waals surface area (Å²) < 4.78 is 2.36. The van der Waals surface area contributed by atoms with E-state index >= 15 is 0 Å². The van der Waals surface area contributed by atoms with Gasteiger partial charge < -0.3 is 4.90 Å². The summed E-state index contributed by atoms with van der Waals surface area (Å²) in [6, 6.07) is 22.9. The Morgan fingerprint density at radius 1 is 0.500 bits per heavy atom. The fourth-order valence-corrected chi connectivity index (χ4v) is 10.1. The number of anilines is 2. The Morgan fingerprint density at radius 2 is 0.909 bits per heavy atom. The molecule has 0 unspecified atom stereocenters. The first-order valence-electron chi connectivity index (χ1n) is 16.9. The molecule has 0 amide bonds. The molecule has 0 N–H and O–H groups in total. The summed E-state index contributed by atoms with van der Waals surface area (Å²) in [5.41, 5.74) is 5.32. The van der Waals surface area contributed by atoms with Crippen molar-refractivity contribution in [1.29, 1.82) is 0 Å². The van der Waals surface area contributed by atoms with Gasteiger partial charge in [0.1, 0.15) is 0 Å². The van der Waals surface area contributed by atoms with E-state index in [1.54, 1.807) is 22.7 Å². The standard InChI is InChI=1S/C38H47Br2NS3/c1-2-3-4-5-6-7-8-9-10-11-12-13-14-15-16-17-26-41-31-20-18-29(33-22-24-37(39)43-33)27-35(31)42-36-28-30(19-21-32(36)41)34-23-25-38(40)44-34/h18-25,27-28H,2-17,26H2,1H3. The lowest BCUT2D eigenvalue weighted by Crippen LogP contribution is -2.22. The first kappa shape index (κ1) is 34.3. The second kappa shape index (κ2) is 18.3. The molecule has 0 radical (unpaired) electrons. The van der Waals surface area contributed by atoms with Gasteiger partial charge in [0.15, 0.2) is 0 Å². The lowest BCUT2D eigenvalue weighted by molar-refractivity contribution is 0.530. The van der Waals surface area contributed by atoms with Crippen LogP contribution in [0.25, 0.3) is 20.9 Å². The predicted molar refractivity (Wildman–Crippen MR) is 206 cm³/mol. The van der Waals surface area contributed by atoms with Crippen molar-refractivity contribution in [3.8, 4) is 20.9 Å². The van der Waals surface area contributed by atoms with Crippen LogP contribution in [0.1, 0.15) is 110 Å². The van der Waals surface area contributed by atoms with Gasteiger partial charge in [0.25, 0.3) is 0 Å². The second-order valence-electron chi connectivity index (χ2n) is 12.1. The number of nitrogens with zero attached hydrogens (tertiary/aromatic N) is 1. The molecule has 0 saturated carbocycles. The van der Waals surface area contributed by atoms with Crippen LogP contribution in [0.3, 0.4) is 0 Å². The van der Waals surface area contributed by atoms with Crippen molar-refractivity contribution in [2.45, 2.75) is 119 Å². The van der Waals surface area contributed by atoms with E-state index in [1.165, 1.54) is 152 Å². The molecule has 0 bridgehead atoms. The molecule has 6 heteroatoms. The molecular formula is C38H47Br2NS3. The van der Waals surface area contributed by atoms with Crippen molar-refractivity contribution < 1.29 is 0 Å². The van der Waals surface area contributed by atoms with Gasteiger partial charge in [0.2, 0.25) is 0 Å². The van der Waals surface area contributed by atoms with Crippen molar-refractivity contribution in [3.05, 3.63) is 68.2 Å². The average Bonchev–Trinajstić information content (AvgIpc) is 3.67. The van der Waals surface area contributed by atoms with Gasteiger partial charge in [-0.2, -0.15) is 0 Å². The Kier molecular flexibility index (Phi) is 14.3. The van der Waals surface area contributed by atoms with Gasteiger partial charge in [-0.1, -0.05) is 127 Å². The molecule has 5 rings (SSSR count). The van der Waals surface area contributed by atoms with Gasteiger partial charge in [0, 0.05) is 26.1 Å². The van der Waals surface area contributed by atoms with Crippen LogP contribution in [-0.4, -0.2) is 6.54 Å². The van der Waals surface area contributed by atoms with E-state index in [0.717, 1.165) is 6.54 Å².